The summed E-state index contributed by atoms with van der Waals surface area (Å²) in [7, 11) is 0. The molecule has 162 valence electrons. The molecule has 2 amide bonds. The summed E-state index contributed by atoms with van der Waals surface area (Å²) in [5, 5.41) is 2.99. The van der Waals surface area contributed by atoms with E-state index in [0.29, 0.717) is 16.0 Å². The summed E-state index contributed by atoms with van der Waals surface area (Å²) < 4.78 is 0.648. The average Bonchev–Trinajstić information content (AvgIpc) is 3.09. The number of halogens is 1. The van der Waals surface area contributed by atoms with Gasteiger partial charge in [0.25, 0.3) is 5.91 Å². The Morgan fingerprint density at radius 2 is 1.62 bits per heavy atom. The van der Waals surface area contributed by atoms with E-state index in [-0.39, 0.29) is 11.8 Å². The maximum absolute atomic E-state index is 13.9. The molecule has 6 heteroatoms. The number of rotatable bonds is 3. The molecule has 2 aliphatic rings. The van der Waals surface area contributed by atoms with Crippen molar-refractivity contribution in [1.29, 1.82) is 0 Å². The van der Waals surface area contributed by atoms with Crippen LogP contribution in [-0.4, -0.2) is 22.8 Å². The molecule has 3 aromatic rings. The largest absolute Gasteiger partial charge is 0.309 e. The maximum atomic E-state index is 13.9. The third-order valence-corrected chi connectivity index (χ3v) is 7.12. The van der Waals surface area contributed by atoms with Crippen molar-refractivity contribution in [3.05, 3.63) is 88.5 Å². The molecule has 0 saturated heterocycles. The summed E-state index contributed by atoms with van der Waals surface area (Å²) in [6.07, 6.45) is 5.00. The van der Waals surface area contributed by atoms with Gasteiger partial charge in [0.05, 0.1) is 0 Å². The van der Waals surface area contributed by atoms with Gasteiger partial charge in [-0.25, -0.2) is 4.98 Å². The summed E-state index contributed by atoms with van der Waals surface area (Å²) >= 11 is 3.37. The highest BCUT2D eigenvalue weighted by molar-refractivity contribution is 9.10. The number of hydrogen-bond acceptors (Lipinski definition) is 3. The van der Waals surface area contributed by atoms with Crippen LogP contribution in [0.5, 0.6) is 0 Å². The van der Waals surface area contributed by atoms with E-state index in [9.17, 15) is 9.59 Å². The lowest BCUT2D eigenvalue weighted by molar-refractivity contribution is -0.119. The highest BCUT2D eigenvalue weighted by atomic mass is 79.9. The Kier molecular flexibility index (Phi) is 5.55. The minimum atomic E-state index is -0.631. The highest BCUT2D eigenvalue weighted by Gasteiger charge is 2.56. The molecule has 2 aromatic carbocycles. The molecule has 1 saturated carbocycles. The fraction of sp³-hybridized carbons (Fsp3) is 0.269. The van der Waals surface area contributed by atoms with Gasteiger partial charge in [0, 0.05) is 16.7 Å². The Labute approximate surface area is 196 Å². The predicted molar refractivity (Wildman–Crippen MR) is 129 cm³/mol. The van der Waals surface area contributed by atoms with Crippen LogP contribution in [-0.2, 0) is 10.2 Å². The smallest absolute Gasteiger partial charge is 0.259 e. The van der Waals surface area contributed by atoms with Crippen LogP contribution in [0.3, 0.4) is 0 Å². The van der Waals surface area contributed by atoms with Gasteiger partial charge in [-0.1, -0.05) is 61.7 Å². The van der Waals surface area contributed by atoms with Gasteiger partial charge in [-0.15, -0.1) is 0 Å². The quantitative estimate of drug-likeness (QED) is 0.479. The summed E-state index contributed by atoms with van der Waals surface area (Å²) in [5.74, 6) is 0.124. The number of pyridine rings is 1. The number of carbonyl (C=O) groups is 2. The Morgan fingerprint density at radius 1 is 0.906 bits per heavy atom. The van der Waals surface area contributed by atoms with E-state index in [1.54, 1.807) is 11.0 Å². The molecule has 0 radical (unpaired) electrons. The van der Waals surface area contributed by atoms with E-state index >= 15 is 0 Å². The highest BCUT2D eigenvalue weighted by Crippen LogP contribution is 2.53. The fourth-order valence-electron chi connectivity index (χ4n) is 5.35. The Bertz CT molecular complexity index is 1160. The third-order valence-electron chi connectivity index (χ3n) is 6.68. The first kappa shape index (κ1) is 20.9. The number of para-hydroxylation sites is 1. The number of nitrogens with zero attached hydrogens (tertiary/aromatic N) is 2. The summed E-state index contributed by atoms with van der Waals surface area (Å²) in [4.78, 5) is 33.7. The Balaban J connectivity index is 1.62. The molecule has 1 atom stereocenters. The first-order valence-corrected chi connectivity index (χ1v) is 11.8. The van der Waals surface area contributed by atoms with Crippen molar-refractivity contribution < 1.29 is 9.59 Å². The number of anilines is 2. The van der Waals surface area contributed by atoms with Crippen LogP contribution in [0.4, 0.5) is 11.5 Å². The van der Waals surface area contributed by atoms with Gasteiger partial charge in [0.2, 0.25) is 5.91 Å². The zero-order chi connectivity index (χ0) is 22.1. The molecular formula is C26H24BrN3O2. The van der Waals surface area contributed by atoms with E-state index in [0.717, 1.165) is 43.4 Å². The van der Waals surface area contributed by atoms with Gasteiger partial charge in [-0.2, -0.15) is 0 Å². The fourth-order valence-corrected chi connectivity index (χ4v) is 5.69. The van der Waals surface area contributed by atoms with E-state index in [1.165, 1.54) is 0 Å². The van der Waals surface area contributed by atoms with Crippen molar-refractivity contribution in [2.24, 2.45) is 0 Å². The lowest BCUT2D eigenvalue weighted by Gasteiger charge is -2.40. The minimum absolute atomic E-state index is 0.150. The molecule has 5 rings (SSSR count). The zero-order valence-corrected chi connectivity index (χ0v) is 19.2. The molecule has 1 aliphatic carbocycles. The predicted octanol–water partition coefficient (Wildman–Crippen LogP) is 5.71. The second kappa shape index (κ2) is 8.51. The van der Waals surface area contributed by atoms with Crippen molar-refractivity contribution in [2.75, 3.05) is 10.2 Å². The maximum Gasteiger partial charge on any atom is 0.259 e. The lowest BCUT2D eigenvalue weighted by atomic mass is 9.66. The number of carbonyl (C=O) groups excluding carboxylic acids is 2. The van der Waals surface area contributed by atoms with E-state index in [1.807, 2.05) is 60.7 Å². The first-order chi connectivity index (χ1) is 15.6. The minimum Gasteiger partial charge on any atom is -0.309 e. The molecule has 1 fully saturated rings. The van der Waals surface area contributed by atoms with E-state index in [4.69, 9.17) is 0 Å². The SMILES string of the molecule is O=C(Nc1cccc(Br)n1)C1N(C(=O)c2ccccc2)c2ccccc2C12CCCCC2. The van der Waals surface area contributed by atoms with Gasteiger partial charge in [-0.3, -0.25) is 14.5 Å². The van der Waals surface area contributed by atoms with Crippen LogP contribution in [0.25, 0.3) is 0 Å². The summed E-state index contributed by atoms with van der Waals surface area (Å²) in [6, 6.07) is 22.0. The van der Waals surface area contributed by atoms with Gasteiger partial charge >= 0.3 is 0 Å². The normalized spacial score (nSPS) is 18.9. The van der Waals surface area contributed by atoms with Crippen molar-refractivity contribution in [3.63, 3.8) is 0 Å². The van der Waals surface area contributed by atoms with Crippen molar-refractivity contribution >= 4 is 39.2 Å². The Morgan fingerprint density at radius 3 is 2.38 bits per heavy atom. The molecular weight excluding hydrogens is 466 g/mol. The van der Waals surface area contributed by atoms with Crippen LogP contribution < -0.4 is 10.2 Å². The topological polar surface area (TPSA) is 62.3 Å². The first-order valence-electron chi connectivity index (χ1n) is 11.0. The number of nitrogens with one attached hydrogen (secondary N) is 1. The zero-order valence-electron chi connectivity index (χ0n) is 17.6. The van der Waals surface area contributed by atoms with Crippen molar-refractivity contribution in [1.82, 2.24) is 4.98 Å². The van der Waals surface area contributed by atoms with Gasteiger partial charge in [-0.05, 0) is 64.7 Å². The molecule has 2 heterocycles. The Hall–Kier alpha value is -2.99. The van der Waals surface area contributed by atoms with Crippen LogP contribution in [0.15, 0.2) is 77.4 Å². The third kappa shape index (κ3) is 3.52. The van der Waals surface area contributed by atoms with Gasteiger partial charge in [0.15, 0.2) is 0 Å². The monoisotopic (exact) mass is 489 g/mol. The molecule has 0 bridgehead atoms. The van der Waals surface area contributed by atoms with Gasteiger partial charge in [0.1, 0.15) is 16.5 Å². The molecule has 1 spiro atoms. The standard InChI is InChI=1S/C26H24BrN3O2/c27-21-14-9-15-22(28-21)29-24(31)23-26(16-7-2-8-17-26)19-12-5-6-13-20(19)30(23)25(32)18-10-3-1-4-11-18/h1,3-6,9-15,23H,2,7-8,16-17H2,(H,28,29,31). The number of fused-ring (bicyclic) bond motifs is 2. The molecule has 32 heavy (non-hydrogen) atoms. The summed E-state index contributed by atoms with van der Waals surface area (Å²) in [6.45, 7) is 0. The van der Waals surface area contributed by atoms with E-state index < -0.39 is 11.5 Å². The van der Waals surface area contributed by atoms with Crippen LogP contribution in [0, 0.1) is 0 Å². The summed E-state index contributed by atoms with van der Waals surface area (Å²) in [5.41, 5.74) is 2.13. The lowest BCUT2D eigenvalue weighted by Crippen LogP contribution is -2.55. The average molecular weight is 490 g/mol. The molecule has 5 nitrogen and oxygen atoms in total. The van der Waals surface area contributed by atoms with Crippen LogP contribution in [0.2, 0.25) is 0 Å². The van der Waals surface area contributed by atoms with E-state index in [2.05, 4.69) is 32.3 Å². The number of aromatic nitrogens is 1. The molecule has 1 aliphatic heterocycles. The molecule has 1 unspecified atom stereocenters. The second-order valence-corrected chi connectivity index (χ2v) is 9.32. The van der Waals surface area contributed by atoms with Crippen LogP contribution >= 0.6 is 15.9 Å². The number of amides is 2. The molecule has 1 aromatic heterocycles. The van der Waals surface area contributed by atoms with Gasteiger partial charge < -0.3 is 5.32 Å². The van der Waals surface area contributed by atoms with Crippen molar-refractivity contribution in [3.8, 4) is 0 Å². The molecule has 1 N–H and O–H groups in total. The second-order valence-electron chi connectivity index (χ2n) is 8.51. The van der Waals surface area contributed by atoms with Crippen molar-refractivity contribution in [2.45, 2.75) is 43.6 Å². The van der Waals surface area contributed by atoms with Crippen LogP contribution in [0.1, 0.15) is 48.0 Å². The number of benzene rings is 2. The number of hydrogen-bond donors (Lipinski definition) is 1.